The maximum atomic E-state index is 13.8. The van der Waals surface area contributed by atoms with Gasteiger partial charge < -0.3 is 20.9 Å². The van der Waals surface area contributed by atoms with Crippen molar-refractivity contribution in [1.29, 1.82) is 5.26 Å². The second kappa shape index (κ2) is 12.3. The summed E-state index contributed by atoms with van der Waals surface area (Å²) in [5.74, 6) is -0.0632. The van der Waals surface area contributed by atoms with Crippen LogP contribution in [0.25, 0.3) is 16.9 Å². The number of alkyl halides is 3. The molecular formula is C27H26ClF3N10O2. The van der Waals surface area contributed by atoms with E-state index in [1.165, 1.54) is 29.2 Å². The van der Waals surface area contributed by atoms with Gasteiger partial charge in [0.15, 0.2) is 17.2 Å². The summed E-state index contributed by atoms with van der Waals surface area (Å²) < 4.78 is 44.0. The lowest BCUT2D eigenvalue weighted by Gasteiger charge is -2.35. The molecule has 3 aromatic heterocycles. The molecule has 5 rings (SSSR count). The Kier molecular flexibility index (Phi) is 8.51. The van der Waals surface area contributed by atoms with Crippen molar-refractivity contribution in [2.45, 2.75) is 25.6 Å². The van der Waals surface area contributed by atoms with Gasteiger partial charge in [-0.1, -0.05) is 11.6 Å². The van der Waals surface area contributed by atoms with Crippen LogP contribution in [-0.2, 0) is 17.5 Å². The number of anilines is 2. The largest absolute Gasteiger partial charge is 0.435 e. The standard InChI is InChI=1S/C27H26ClF3N10O2/c28-20-14-17(2-3-18(20)26(43)39-12-10-38(11-13-39)22(42)4-6-33)36-24-25-35-15-21(41(25)9-7-34-24)19-16-40(8-1-5-32)37-23(19)27(29,30)31/h2-3,7,9,14-16H,1,4,6,8,10-13,33H2,(H,34,36). The van der Waals surface area contributed by atoms with Crippen LogP contribution in [0.3, 0.4) is 0 Å². The molecule has 1 fully saturated rings. The third-order valence-electron chi connectivity index (χ3n) is 6.93. The third-order valence-corrected chi connectivity index (χ3v) is 7.24. The number of imidazole rings is 1. The SMILES string of the molecule is N#CCCn1cc(-c2cnc3c(Nc4ccc(C(=O)N5CCN(C(=O)CCN)CC5)c(Cl)c4)nccn23)c(C(F)(F)F)n1. The highest BCUT2D eigenvalue weighted by atomic mass is 35.5. The van der Waals surface area contributed by atoms with Gasteiger partial charge in [0.2, 0.25) is 5.91 Å². The lowest BCUT2D eigenvalue weighted by Crippen LogP contribution is -2.50. The molecule has 0 spiro atoms. The first-order valence-corrected chi connectivity index (χ1v) is 13.7. The Bertz CT molecular complexity index is 1700. The number of hydrogen-bond donors (Lipinski definition) is 2. The average Bonchev–Trinajstić information content (AvgIpc) is 3.61. The van der Waals surface area contributed by atoms with Crippen molar-refractivity contribution < 1.29 is 22.8 Å². The van der Waals surface area contributed by atoms with Crippen molar-refractivity contribution in [3.63, 3.8) is 0 Å². The Morgan fingerprint density at radius 3 is 2.56 bits per heavy atom. The first-order chi connectivity index (χ1) is 20.6. The Morgan fingerprint density at radius 1 is 1.14 bits per heavy atom. The third kappa shape index (κ3) is 6.25. The van der Waals surface area contributed by atoms with Crippen molar-refractivity contribution in [1.82, 2.24) is 33.9 Å². The second-order valence-corrected chi connectivity index (χ2v) is 10.1. The van der Waals surface area contributed by atoms with Gasteiger partial charge in [0.05, 0.1) is 47.1 Å². The van der Waals surface area contributed by atoms with Crippen LogP contribution < -0.4 is 11.1 Å². The smallest absolute Gasteiger partial charge is 0.339 e. The summed E-state index contributed by atoms with van der Waals surface area (Å²) in [6, 6.07) is 6.65. The maximum Gasteiger partial charge on any atom is 0.435 e. The van der Waals surface area contributed by atoms with Crippen LogP contribution in [0.15, 0.2) is 43.0 Å². The molecular weight excluding hydrogens is 589 g/mol. The normalized spacial score (nSPS) is 13.8. The van der Waals surface area contributed by atoms with Crippen LogP contribution in [0, 0.1) is 11.3 Å². The first-order valence-electron chi connectivity index (χ1n) is 13.3. The first kappa shape index (κ1) is 29.8. The van der Waals surface area contributed by atoms with Gasteiger partial charge in [0, 0.05) is 63.4 Å². The summed E-state index contributed by atoms with van der Waals surface area (Å²) in [5.41, 5.74) is 5.33. The summed E-state index contributed by atoms with van der Waals surface area (Å²) in [6.45, 7) is 1.84. The highest BCUT2D eigenvalue weighted by Crippen LogP contribution is 2.37. The van der Waals surface area contributed by atoms with E-state index in [0.717, 1.165) is 4.68 Å². The Labute approximate surface area is 248 Å². The zero-order chi connectivity index (χ0) is 30.7. The number of hydrogen-bond acceptors (Lipinski definition) is 8. The maximum absolute atomic E-state index is 13.8. The predicted octanol–water partition coefficient (Wildman–Crippen LogP) is 3.56. The van der Waals surface area contributed by atoms with E-state index in [1.807, 2.05) is 6.07 Å². The number of benzene rings is 1. The van der Waals surface area contributed by atoms with Crippen molar-refractivity contribution in [2.24, 2.45) is 5.73 Å². The van der Waals surface area contributed by atoms with Crippen LogP contribution in [0.5, 0.6) is 0 Å². The molecule has 43 heavy (non-hydrogen) atoms. The van der Waals surface area contributed by atoms with Gasteiger partial charge in [0.1, 0.15) is 0 Å². The quantitative estimate of drug-likeness (QED) is 0.306. The summed E-state index contributed by atoms with van der Waals surface area (Å²) in [7, 11) is 0. The Hall–Kier alpha value is -4.68. The molecule has 3 N–H and O–H groups in total. The summed E-state index contributed by atoms with van der Waals surface area (Å²) in [6.07, 6.45) is 0.963. The fraction of sp³-hybridized carbons (Fsp3) is 0.333. The zero-order valence-corrected chi connectivity index (χ0v) is 23.4. The summed E-state index contributed by atoms with van der Waals surface area (Å²) in [4.78, 5) is 37.1. The van der Waals surface area contributed by atoms with Crippen LogP contribution in [-0.4, -0.2) is 78.5 Å². The van der Waals surface area contributed by atoms with Gasteiger partial charge in [-0.3, -0.25) is 18.7 Å². The molecule has 4 aromatic rings. The minimum atomic E-state index is -4.73. The van der Waals surface area contributed by atoms with Crippen molar-refractivity contribution in [2.75, 3.05) is 38.0 Å². The molecule has 1 aromatic carbocycles. The fourth-order valence-electron chi connectivity index (χ4n) is 4.82. The van der Waals surface area contributed by atoms with E-state index >= 15 is 0 Å². The number of nitrogens with one attached hydrogen (secondary N) is 1. The van der Waals surface area contributed by atoms with E-state index in [4.69, 9.17) is 22.6 Å². The molecule has 1 aliphatic rings. The lowest BCUT2D eigenvalue weighted by atomic mass is 10.1. The van der Waals surface area contributed by atoms with E-state index in [0.29, 0.717) is 31.9 Å². The van der Waals surface area contributed by atoms with Crippen LogP contribution >= 0.6 is 11.6 Å². The number of nitrogens with two attached hydrogens (primary N) is 1. The molecule has 0 atom stereocenters. The minimum Gasteiger partial charge on any atom is -0.339 e. The van der Waals surface area contributed by atoms with Gasteiger partial charge in [-0.15, -0.1) is 0 Å². The number of aromatic nitrogens is 5. The topological polar surface area (TPSA) is 150 Å². The molecule has 1 aliphatic heterocycles. The van der Waals surface area contributed by atoms with Crippen LogP contribution in [0.1, 0.15) is 28.9 Å². The predicted molar refractivity (Wildman–Crippen MR) is 150 cm³/mol. The number of amides is 2. The monoisotopic (exact) mass is 614 g/mol. The van der Waals surface area contributed by atoms with Crippen LogP contribution in [0.4, 0.5) is 24.7 Å². The number of halogens is 4. The number of nitriles is 1. The van der Waals surface area contributed by atoms with E-state index in [1.54, 1.807) is 28.0 Å². The molecule has 1 saturated heterocycles. The van der Waals surface area contributed by atoms with Gasteiger partial charge in [0.25, 0.3) is 5.91 Å². The minimum absolute atomic E-state index is 0.00336. The molecule has 0 aliphatic carbocycles. The molecule has 0 unspecified atom stereocenters. The number of fused-ring (bicyclic) bond motifs is 1. The molecule has 0 radical (unpaired) electrons. The zero-order valence-electron chi connectivity index (χ0n) is 22.7. The molecule has 0 saturated carbocycles. The van der Waals surface area contributed by atoms with Gasteiger partial charge in [-0.25, -0.2) is 9.97 Å². The number of carbonyl (C=O) groups is 2. The number of rotatable bonds is 8. The van der Waals surface area contributed by atoms with E-state index in [9.17, 15) is 22.8 Å². The molecule has 4 heterocycles. The number of piperazine rings is 1. The highest BCUT2D eigenvalue weighted by molar-refractivity contribution is 6.34. The van der Waals surface area contributed by atoms with Crippen molar-refractivity contribution in [3.8, 4) is 17.3 Å². The van der Waals surface area contributed by atoms with E-state index in [-0.39, 0.29) is 71.1 Å². The van der Waals surface area contributed by atoms with Gasteiger partial charge in [-0.2, -0.15) is 23.5 Å². The van der Waals surface area contributed by atoms with Crippen molar-refractivity contribution in [3.05, 3.63) is 59.3 Å². The summed E-state index contributed by atoms with van der Waals surface area (Å²) in [5, 5.41) is 15.7. The highest BCUT2D eigenvalue weighted by Gasteiger charge is 2.38. The van der Waals surface area contributed by atoms with E-state index in [2.05, 4.69) is 20.4 Å². The Morgan fingerprint density at radius 2 is 1.88 bits per heavy atom. The molecule has 16 heteroatoms. The molecule has 0 bridgehead atoms. The Balaban J connectivity index is 1.35. The fourth-order valence-corrected chi connectivity index (χ4v) is 5.08. The second-order valence-electron chi connectivity index (χ2n) is 9.70. The number of nitrogens with zero attached hydrogens (tertiary/aromatic N) is 8. The van der Waals surface area contributed by atoms with E-state index < -0.39 is 11.9 Å². The van der Waals surface area contributed by atoms with Gasteiger partial charge >= 0.3 is 6.18 Å². The number of carbonyl (C=O) groups excluding carboxylic acids is 2. The average molecular weight is 615 g/mol. The molecule has 224 valence electrons. The van der Waals surface area contributed by atoms with Gasteiger partial charge in [-0.05, 0) is 18.2 Å². The number of aryl methyl sites for hydroxylation is 1. The summed E-state index contributed by atoms with van der Waals surface area (Å²) >= 11 is 6.49. The molecule has 2 amide bonds. The molecule has 12 nitrogen and oxygen atoms in total. The van der Waals surface area contributed by atoms with Crippen LogP contribution in [0.2, 0.25) is 5.02 Å². The van der Waals surface area contributed by atoms with Crippen molar-refractivity contribution >= 4 is 40.6 Å². The lowest BCUT2D eigenvalue weighted by molar-refractivity contribution is -0.141.